The molecular formula is C14H20N4O4. The minimum absolute atomic E-state index is 0.105. The monoisotopic (exact) mass is 308 g/mol. The summed E-state index contributed by atoms with van der Waals surface area (Å²) in [6.45, 7) is 1.19. The average molecular weight is 308 g/mol. The molecule has 2 rings (SSSR count). The standard InChI is InChI=1S/C14H20N4O4/c15-13-10(2-1-3-16-13)6-17-4-5-18(12(20)9-19)8-11(7-17)14(21)22/h1-3,11,19H,4-9H2,(H2,15,16)(H,21,22)/t11-/m0/s1. The highest BCUT2D eigenvalue weighted by Crippen LogP contribution is 2.16. The van der Waals surface area contributed by atoms with E-state index in [1.54, 1.807) is 12.3 Å². The number of aliphatic hydroxyl groups excluding tert-OH is 1. The molecule has 0 aliphatic carbocycles. The third-order valence-electron chi connectivity index (χ3n) is 3.76. The van der Waals surface area contributed by atoms with Crippen molar-refractivity contribution >= 4 is 17.7 Å². The van der Waals surface area contributed by atoms with Gasteiger partial charge >= 0.3 is 5.97 Å². The molecule has 1 fully saturated rings. The number of carboxylic acids is 1. The minimum atomic E-state index is -0.957. The van der Waals surface area contributed by atoms with Crippen LogP contribution in [0.1, 0.15) is 5.56 Å². The number of anilines is 1. The van der Waals surface area contributed by atoms with Gasteiger partial charge in [0, 0.05) is 44.5 Å². The first kappa shape index (κ1) is 16.2. The largest absolute Gasteiger partial charge is 0.481 e. The number of hydrogen-bond donors (Lipinski definition) is 3. The van der Waals surface area contributed by atoms with E-state index in [-0.39, 0.29) is 6.54 Å². The summed E-state index contributed by atoms with van der Waals surface area (Å²) in [4.78, 5) is 30.4. The van der Waals surface area contributed by atoms with Gasteiger partial charge in [-0.3, -0.25) is 14.5 Å². The molecule has 1 aromatic rings. The summed E-state index contributed by atoms with van der Waals surface area (Å²) in [5.74, 6) is -1.69. The van der Waals surface area contributed by atoms with Crippen LogP contribution in [-0.2, 0) is 16.1 Å². The van der Waals surface area contributed by atoms with Crippen molar-refractivity contribution in [1.82, 2.24) is 14.8 Å². The quantitative estimate of drug-likeness (QED) is 0.652. The maximum atomic E-state index is 11.6. The average Bonchev–Trinajstić information content (AvgIpc) is 2.72. The fraction of sp³-hybridized carbons (Fsp3) is 0.500. The molecule has 1 atom stereocenters. The Hall–Kier alpha value is -2.19. The molecule has 2 heterocycles. The van der Waals surface area contributed by atoms with E-state index in [1.165, 1.54) is 4.90 Å². The van der Waals surface area contributed by atoms with Crippen LogP contribution in [-0.4, -0.2) is 69.7 Å². The molecule has 120 valence electrons. The number of nitrogen functional groups attached to an aromatic ring is 1. The zero-order valence-corrected chi connectivity index (χ0v) is 12.2. The number of carbonyl (C=O) groups is 2. The second-order valence-electron chi connectivity index (χ2n) is 5.32. The van der Waals surface area contributed by atoms with Crippen LogP contribution in [0.2, 0.25) is 0 Å². The number of pyridine rings is 1. The second-order valence-corrected chi connectivity index (χ2v) is 5.32. The van der Waals surface area contributed by atoms with Crippen LogP contribution < -0.4 is 5.73 Å². The van der Waals surface area contributed by atoms with Crippen molar-refractivity contribution in [3.63, 3.8) is 0 Å². The Morgan fingerprint density at radius 3 is 2.77 bits per heavy atom. The predicted molar refractivity (Wildman–Crippen MR) is 78.7 cm³/mol. The molecule has 8 nitrogen and oxygen atoms in total. The minimum Gasteiger partial charge on any atom is -0.481 e. The first-order valence-corrected chi connectivity index (χ1v) is 7.04. The highest BCUT2D eigenvalue weighted by atomic mass is 16.4. The zero-order valence-electron chi connectivity index (χ0n) is 12.2. The van der Waals surface area contributed by atoms with Gasteiger partial charge in [-0.15, -0.1) is 0 Å². The fourth-order valence-corrected chi connectivity index (χ4v) is 2.53. The lowest BCUT2D eigenvalue weighted by molar-refractivity contribution is -0.144. The maximum absolute atomic E-state index is 11.6. The lowest BCUT2D eigenvalue weighted by atomic mass is 10.1. The molecule has 1 aliphatic rings. The third kappa shape index (κ3) is 3.92. The number of rotatable bonds is 4. The molecule has 8 heteroatoms. The second kappa shape index (κ2) is 7.19. The van der Waals surface area contributed by atoms with Gasteiger partial charge in [0.1, 0.15) is 12.4 Å². The molecule has 1 saturated heterocycles. The lowest BCUT2D eigenvalue weighted by Crippen LogP contribution is -2.39. The normalized spacial score (nSPS) is 19.7. The maximum Gasteiger partial charge on any atom is 0.309 e. The summed E-state index contributed by atoms with van der Waals surface area (Å²) in [6, 6.07) is 3.62. The van der Waals surface area contributed by atoms with Crippen LogP contribution in [0.25, 0.3) is 0 Å². The van der Waals surface area contributed by atoms with E-state index in [9.17, 15) is 14.7 Å². The van der Waals surface area contributed by atoms with Gasteiger partial charge in [0.15, 0.2) is 0 Å². The van der Waals surface area contributed by atoms with E-state index in [2.05, 4.69) is 4.98 Å². The van der Waals surface area contributed by atoms with Crippen molar-refractivity contribution in [3.8, 4) is 0 Å². The number of carbonyl (C=O) groups excluding carboxylic acids is 1. The summed E-state index contributed by atoms with van der Waals surface area (Å²) in [5.41, 5.74) is 6.64. The highest BCUT2D eigenvalue weighted by molar-refractivity contribution is 5.78. The van der Waals surface area contributed by atoms with Gasteiger partial charge < -0.3 is 20.8 Å². The Bertz CT molecular complexity index is 551. The molecule has 4 N–H and O–H groups in total. The van der Waals surface area contributed by atoms with Gasteiger partial charge in [0.25, 0.3) is 0 Å². The van der Waals surface area contributed by atoms with Crippen molar-refractivity contribution in [2.45, 2.75) is 6.54 Å². The van der Waals surface area contributed by atoms with Crippen LogP contribution in [0.15, 0.2) is 18.3 Å². The highest BCUT2D eigenvalue weighted by Gasteiger charge is 2.29. The first-order valence-electron chi connectivity index (χ1n) is 7.04. The molecule has 0 unspecified atom stereocenters. The van der Waals surface area contributed by atoms with Crippen LogP contribution in [0.5, 0.6) is 0 Å². The smallest absolute Gasteiger partial charge is 0.309 e. The summed E-state index contributed by atoms with van der Waals surface area (Å²) in [7, 11) is 0. The number of aliphatic carboxylic acids is 1. The van der Waals surface area contributed by atoms with Gasteiger partial charge in [-0.1, -0.05) is 6.07 Å². The van der Waals surface area contributed by atoms with Crippen LogP contribution in [0.3, 0.4) is 0 Å². The number of amides is 1. The summed E-state index contributed by atoms with van der Waals surface area (Å²) < 4.78 is 0. The topological polar surface area (TPSA) is 120 Å². The van der Waals surface area contributed by atoms with Gasteiger partial charge in [0.05, 0.1) is 5.92 Å². The molecule has 0 saturated carbocycles. The van der Waals surface area contributed by atoms with Crippen molar-refractivity contribution in [1.29, 1.82) is 0 Å². The molecule has 1 amide bonds. The lowest BCUT2D eigenvalue weighted by Gasteiger charge is -2.22. The van der Waals surface area contributed by atoms with Crippen molar-refractivity contribution in [3.05, 3.63) is 23.9 Å². The number of aliphatic hydroxyl groups is 1. The van der Waals surface area contributed by atoms with E-state index in [0.717, 1.165) is 5.56 Å². The molecule has 0 radical (unpaired) electrons. The van der Waals surface area contributed by atoms with Crippen LogP contribution >= 0.6 is 0 Å². The van der Waals surface area contributed by atoms with Crippen molar-refractivity contribution < 1.29 is 19.8 Å². The molecule has 22 heavy (non-hydrogen) atoms. The van der Waals surface area contributed by atoms with Crippen molar-refractivity contribution in [2.24, 2.45) is 5.92 Å². The number of nitrogens with two attached hydrogens (primary N) is 1. The van der Waals surface area contributed by atoms with E-state index < -0.39 is 24.4 Å². The number of hydrogen-bond acceptors (Lipinski definition) is 6. The van der Waals surface area contributed by atoms with Gasteiger partial charge in [-0.25, -0.2) is 4.98 Å². The first-order chi connectivity index (χ1) is 10.5. The fourth-order valence-electron chi connectivity index (χ4n) is 2.53. The number of carboxylic acid groups (broad SMARTS) is 1. The Kier molecular flexibility index (Phi) is 5.29. The Labute approximate surface area is 128 Å². The Morgan fingerprint density at radius 1 is 1.36 bits per heavy atom. The molecule has 1 aliphatic heterocycles. The van der Waals surface area contributed by atoms with Crippen LogP contribution in [0.4, 0.5) is 5.82 Å². The summed E-state index contributed by atoms with van der Waals surface area (Å²) in [6.07, 6.45) is 1.60. The Balaban J connectivity index is 2.11. The third-order valence-corrected chi connectivity index (χ3v) is 3.76. The predicted octanol–water partition coefficient (Wildman–Crippen LogP) is -0.999. The number of aromatic nitrogens is 1. The van der Waals surface area contributed by atoms with E-state index in [4.69, 9.17) is 10.8 Å². The van der Waals surface area contributed by atoms with Gasteiger partial charge in [-0.2, -0.15) is 0 Å². The van der Waals surface area contributed by atoms with E-state index in [0.29, 0.717) is 32.0 Å². The molecule has 0 aromatic carbocycles. The zero-order chi connectivity index (χ0) is 16.1. The molecule has 0 spiro atoms. The molecular weight excluding hydrogens is 288 g/mol. The summed E-state index contributed by atoms with van der Waals surface area (Å²) in [5, 5.41) is 18.3. The van der Waals surface area contributed by atoms with E-state index in [1.807, 2.05) is 11.0 Å². The Morgan fingerprint density at radius 2 is 2.14 bits per heavy atom. The van der Waals surface area contributed by atoms with Crippen molar-refractivity contribution in [2.75, 3.05) is 38.5 Å². The molecule has 1 aromatic heterocycles. The summed E-state index contributed by atoms with van der Waals surface area (Å²) >= 11 is 0. The van der Waals surface area contributed by atoms with E-state index >= 15 is 0 Å². The van der Waals surface area contributed by atoms with Crippen LogP contribution in [0, 0.1) is 5.92 Å². The number of nitrogens with zero attached hydrogens (tertiary/aromatic N) is 3. The molecule has 0 bridgehead atoms. The van der Waals surface area contributed by atoms with Gasteiger partial charge in [0.2, 0.25) is 5.91 Å². The SMILES string of the molecule is Nc1ncccc1CN1CCN(C(=O)CO)C[C@@H](C(=O)O)C1. The van der Waals surface area contributed by atoms with Gasteiger partial charge in [-0.05, 0) is 6.07 Å².